The number of benzene rings is 1. The van der Waals surface area contributed by atoms with Crippen LogP contribution in [0.2, 0.25) is 0 Å². The average molecular weight is 396 g/mol. The number of carbonyl (C=O) groups excluding carboxylic acids is 2. The third-order valence-electron chi connectivity index (χ3n) is 3.12. The van der Waals surface area contributed by atoms with E-state index in [4.69, 9.17) is 39.5 Å². The summed E-state index contributed by atoms with van der Waals surface area (Å²) in [6, 6.07) is 6.51. The van der Waals surface area contributed by atoms with Gasteiger partial charge < -0.3 is 15.4 Å². The molecule has 0 aromatic heterocycles. The monoisotopic (exact) mass is 394 g/mol. The van der Waals surface area contributed by atoms with Crippen molar-refractivity contribution in [1.29, 1.82) is 0 Å². The number of halogens is 3. The van der Waals surface area contributed by atoms with Crippen LogP contribution in [0.1, 0.15) is 43.5 Å². The first kappa shape index (κ1) is 20.9. The van der Waals surface area contributed by atoms with Gasteiger partial charge in [-0.25, -0.2) is 4.79 Å². The zero-order chi connectivity index (χ0) is 18.2. The summed E-state index contributed by atoms with van der Waals surface area (Å²) in [6.07, 6.45) is 1.14. The minimum absolute atomic E-state index is 0.255. The predicted molar refractivity (Wildman–Crippen MR) is 97.8 cm³/mol. The number of esters is 1. The lowest BCUT2D eigenvalue weighted by Gasteiger charge is -2.27. The molecule has 0 saturated heterocycles. The molecule has 1 amide bonds. The van der Waals surface area contributed by atoms with Crippen molar-refractivity contribution in [2.24, 2.45) is 0 Å². The Balaban J connectivity index is 2.72. The summed E-state index contributed by atoms with van der Waals surface area (Å²) in [4.78, 5) is 23.4. The number of rotatable bonds is 8. The Kier molecular flexibility index (Phi) is 8.67. The van der Waals surface area contributed by atoms with Crippen LogP contribution in [0.25, 0.3) is 0 Å². The van der Waals surface area contributed by atoms with E-state index in [-0.39, 0.29) is 18.3 Å². The number of ether oxygens (including phenoxy) is 1. The van der Waals surface area contributed by atoms with Crippen LogP contribution < -0.4 is 10.6 Å². The number of carbonyl (C=O) groups is 2. The number of hydrogen-bond donors (Lipinski definition) is 2. The Morgan fingerprint density at radius 1 is 1.17 bits per heavy atom. The first-order valence-electron chi connectivity index (χ1n) is 7.67. The third kappa shape index (κ3) is 7.16. The maximum Gasteiger partial charge on any atom is 0.338 e. The second-order valence-electron chi connectivity index (χ2n) is 5.11. The summed E-state index contributed by atoms with van der Waals surface area (Å²) in [7, 11) is 0. The van der Waals surface area contributed by atoms with Crippen molar-refractivity contribution >= 4 is 52.4 Å². The molecule has 1 rings (SSSR count). The molecule has 1 aromatic carbocycles. The maximum absolute atomic E-state index is 11.8. The van der Waals surface area contributed by atoms with Gasteiger partial charge in [-0.3, -0.25) is 4.79 Å². The van der Waals surface area contributed by atoms with E-state index in [0.29, 0.717) is 17.9 Å². The second-order valence-corrected chi connectivity index (χ2v) is 7.48. The molecule has 0 radical (unpaired) electrons. The zero-order valence-corrected chi connectivity index (χ0v) is 15.8. The van der Waals surface area contributed by atoms with Gasteiger partial charge >= 0.3 is 5.97 Å². The number of hydrogen-bond acceptors (Lipinski definition) is 4. The summed E-state index contributed by atoms with van der Waals surface area (Å²) in [5, 5.41) is 5.51. The summed E-state index contributed by atoms with van der Waals surface area (Å²) in [5.41, 5.74) is 1.02. The largest absolute Gasteiger partial charge is 0.462 e. The molecule has 0 saturated carbocycles. The topological polar surface area (TPSA) is 67.4 Å². The number of nitrogens with one attached hydrogen (secondary N) is 2. The minimum atomic E-state index is -1.73. The smallest absolute Gasteiger partial charge is 0.338 e. The molecule has 8 heteroatoms. The van der Waals surface area contributed by atoms with Crippen molar-refractivity contribution in [1.82, 2.24) is 5.32 Å². The van der Waals surface area contributed by atoms with Gasteiger partial charge in [0.05, 0.1) is 12.2 Å². The van der Waals surface area contributed by atoms with Gasteiger partial charge in [-0.15, -0.1) is 0 Å². The molecule has 0 aliphatic rings. The molecule has 0 aliphatic carbocycles. The molecule has 5 nitrogen and oxygen atoms in total. The number of anilines is 1. The quantitative estimate of drug-likeness (QED) is 0.298. The molecule has 0 spiro atoms. The van der Waals surface area contributed by atoms with E-state index in [1.54, 1.807) is 31.2 Å². The van der Waals surface area contributed by atoms with Crippen LogP contribution in [-0.4, -0.2) is 28.4 Å². The third-order valence-corrected chi connectivity index (χ3v) is 3.77. The highest BCUT2D eigenvalue weighted by atomic mass is 35.6. The minimum Gasteiger partial charge on any atom is -0.462 e. The van der Waals surface area contributed by atoms with E-state index in [2.05, 4.69) is 10.6 Å². The van der Waals surface area contributed by atoms with Crippen LogP contribution in [0.15, 0.2) is 24.3 Å². The lowest BCUT2D eigenvalue weighted by molar-refractivity contribution is -0.121. The van der Waals surface area contributed by atoms with Crippen molar-refractivity contribution in [3.8, 4) is 0 Å². The van der Waals surface area contributed by atoms with Gasteiger partial charge in [-0.1, -0.05) is 55.1 Å². The van der Waals surface area contributed by atoms with Gasteiger partial charge in [0.25, 0.3) is 0 Å². The Bertz CT molecular complexity index is 544. The highest BCUT2D eigenvalue weighted by Gasteiger charge is 2.33. The first-order valence-corrected chi connectivity index (χ1v) is 8.81. The first-order chi connectivity index (χ1) is 11.3. The van der Waals surface area contributed by atoms with Gasteiger partial charge in [-0.2, -0.15) is 0 Å². The van der Waals surface area contributed by atoms with Gasteiger partial charge in [-0.05, 0) is 30.7 Å². The SMILES string of the molecule is CCCCOC(=O)c1ccc(NC(NC(=O)CC)C(Cl)(Cl)Cl)cc1. The molecule has 134 valence electrons. The van der Waals surface area contributed by atoms with E-state index >= 15 is 0 Å². The van der Waals surface area contributed by atoms with Crippen molar-refractivity contribution in [2.45, 2.75) is 43.1 Å². The van der Waals surface area contributed by atoms with Crippen LogP contribution in [0.5, 0.6) is 0 Å². The Morgan fingerprint density at radius 2 is 1.79 bits per heavy atom. The summed E-state index contributed by atoms with van der Waals surface area (Å²) < 4.78 is 3.40. The molecule has 2 N–H and O–H groups in total. The number of alkyl halides is 3. The van der Waals surface area contributed by atoms with Crippen molar-refractivity contribution < 1.29 is 14.3 Å². The van der Waals surface area contributed by atoms with Gasteiger partial charge in [0, 0.05) is 12.1 Å². The number of unbranched alkanes of at least 4 members (excludes halogenated alkanes) is 1. The molecule has 1 unspecified atom stereocenters. The predicted octanol–water partition coefficient (Wildman–Crippen LogP) is 4.28. The lowest BCUT2D eigenvalue weighted by atomic mass is 10.2. The number of amides is 1. The fraction of sp³-hybridized carbons (Fsp3) is 0.500. The van der Waals surface area contributed by atoms with Crippen LogP contribution in [0.4, 0.5) is 5.69 Å². The van der Waals surface area contributed by atoms with Crippen LogP contribution in [0, 0.1) is 0 Å². The second kappa shape index (κ2) is 9.97. The van der Waals surface area contributed by atoms with E-state index < -0.39 is 9.96 Å². The summed E-state index contributed by atoms with van der Waals surface area (Å²) in [5.74, 6) is -0.637. The van der Waals surface area contributed by atoms with E-state index in [0.717, 1.165) is 12.8 Å². The zero-order valence-electron chi connectivity index (χ0n) is 13.6. The molecular formula is C16H21Cl3N2O3. The van der Waals surface area contributed by atoms with E-state index in [1.165, 1.54) is 0 Å². The van der Waals surface area contributed by atoms with E-state index in [9.17, 15) is 9.59 Å². The molecule has 24 heavy (non-hydrogen) atoms. The molecular weight excluding hydrogens is 375 g/mol. The van der Waals surface area contributed by atoms with Crippen LogP contribution in [0.3, 0.4) is 0 Å². The summed E-state index contributed by atoms with van der Waals surface area (Å²) >= 11 is 17.6. The standard InChI is InChI=1S/C16H21Cl3N2O3/c1-3-5-10-24-14(23)11-6-8-12(9-7-11)20-15(16(17,18)19)21-13(22)4-2/h6-9,15,20H,3-5,10H2,1-2H3,(H,21,22). The van der Waals surface area contributed by atoms with Gasteiger partial charge in [0.2, 0.25) is 9.70 Å². The van der Waals surface area contributed by atoms with Gasteiger partial charge in [0.15, 0.2) is 0 Å². The van der Waals surface area contributed by atoms with Gasteiger partial charge in [0.1, 0.15) is 6.17 Å². The highest BCUT2D eigenvalue weighted by molar-refractivity contribution is 6.68. The average Bonchev–Trinajstić information content (AvgIpc) is 2.54. The maximum atomic E-state index is 11.8. The molecule has 0 bridgehead atoms. The van der Waals surface area contributed by atoms with Crippen molar-refractivity contribution in [3.05, 3.63) is 29.8 Å². The van der Waals surface area contributed by atoms with Crippen molar-refractivity contribution in [3.63, 3.8) is 0 Å². The fourth-order valence-corrected chi connectivity index (χ4v) is 2.05. The normalized spacial score (nSPS) is 12.4. The Morgan fingerprint density at radius 3 is 2.29 bits per heavy atom. The highest BCUT2D eigenvalue weighted by Crippen LogP contribution is 2.31. The Labute approximate surface area is 157 Å². The lowest BCUT2D eigenvalue weighted by Crippen LogP contribution is -2.48. The summed E-state index contributed by atoms with van der Waals surface area (Å²) in [6.45, 7) is 4.12. The fourth-order valence-electron chi connectivity index (χ4n) is 1.72. The van der Waals surface area contributed by atoms with Crippen LogP contribution in [-0.2, 0) is 9.53 Å². The van der Waals surface area contributed by atoms with Crippen molar-refractivity contribution in [2.75, 3.05) is 11.9 Å². The molecule has 1 atom stereocenters. The Hall–Kier alpha value is -1.17. The van der Waals surface area contributed by atoms with E-state index in [1.807, 2.05) is 6.92 Å². The molecule has 0 heterocycles. The molecule has 1 aromatic rings. The van der Waals surface area contributed by atoms with Crippen LogP contribution >= 0.6 is 34.8 Å². The molecule has 0 aliphatic heterocycles. The molecule has 0 fully saturated rings.